The van der Waals surface area contributed by atoms with Crippen molar-refractivity contribution in [3.63, 3.8) is 0 Å². The van der Waals surface area contributed by atoms with Gasteiger partial charge in [-0.2, -0.15) is 4.72 Å². The highest BCUT2D eigenvalue weighted by Gasteiger charge is 2.32. The van der Waals surface area contributed by atoms with Crippen LogP contribution in [0.2, 0.25) is 5.02 Å². The van der Waals surface area contributed by atoms with E-state index < -0.39 is 45.5 Å². The van der Waals surface area contributed by atoms with Gasteiger partial charge in [-0.05, 0) is 57.9 Å². The van der Waals surface area contributed by atoms with Crippen LogP contribution >= 0.6 is 11.6 Å². The first-order chi connectivity index (χ1) is 12.2. The Morgan fingerprint density at radius 2 is 1.59 bits per heavy atom. The maximum Gasteiger partial charge on any atom is 0.325 e. The number of benzene rings is 1. The molecule has 1 rings (SSSR count). The van der Waals surface area contributed by atoms with Crippen molar-refractivity contribution < 1.29 is 22.7 Å². The number of hydrogen-bond donors (Lipinski definition) is 2. The fourth-order valence-corrected chi connectivity index (χ4v) is 3.54. The molecule has 0 aliphatic rings. The first-order valence-corrected chi connectivity index (χ1v) is 10.4. The molecule has 7 nitrogen and oxygen atoms in total. The van der Waals surface area contributed by atoms with E-state index in [1.807, 2.05) is 0 Å². The van der Waals surface area contributed by atoms with Crippen LogP contribution in [-0.2, 0) is 24.3 Å². The van der Waals surface area contributed by atoms with Crippen LogP contribution in [0.5, 0.6) is 0 Å². The molecular formula is C18H27ClN2O5S. The summed E-state index contributed by atoms with van der Waals surface area (Å²) in [5.41, 5.74) is -0.481. The number of esters is 1. The molecular weight excluding hydrogens is 392 g/mol. The molecule has 2 N–H and O–H groups in total. The molecule has 9 heteroatoms. The van der Waals surface area contributed by atoms with Gasteiger partial charge < -0.3 is 10.1 Å². The van der Waals surface area contributed by atoms with Crippen molar-refractivity contribution >= 4 is 33.5 Å². The van der Waals surface area contributed by atoms with Crippen molar-refractivity contribution in [3.8, 4) is 0 Å². The zero-order chi connectivity index (χ0) is 21.0. The number of carbonyl (C=O) groups excluding carboxylic acids is 2. The summed E-state index contributed by atoms with van der Waals surface area (Å²) in [7, 11) is -3.96. The van der Waals surface area contributed by atoms with Gasteiger partial charge in [0.05, 0.1) is 4.90 Å². The fraction of sp³-hybridized carbons (Fsp3) is 0.556. The van der Waals surface area contributed by atoms with Crippen molar-refractivity contribution in [1.82, 2.24) is 10.0 Å². The third kappa shape index (κ3) is 7.48. The minimum Gasteiger partial charge on any atom is -0.451 e. The Labute approximate surface area is 165 Å². The van der Waals surface area contributed by atoms with E-state index in [2.05, 4.69) is 10.0 Å². The van der Waals surface area contributed by atoms with Gasteiger partial charge in [-0.25, -0.2) is 8.42 Å². The van der Waals surface area contributed by atoms with E-state index >= 15 is 0 Å². The predicted molar refractivity (Wildman–Crippen MR) is 104 cm³/mol. The molecule has 152 valence electrons. The molecule has 0 aromatic heterocycles. The fourth-order valence-electron chi connectivity index (χ4n) is 2.08. The Morgan fingerprint density at radius 1 is 1.07 bits per heavy atom. The molecule has 0 spiro atoms. The summed E-state index contributed by atoms with van der Waals surface area (Å²) in [6.07, 6.45) is -1.06. The first-order valence-electron chi connectivity index (χ1n) is 8.53. The maximum absolute atomic E-state index is 12.5. The van der Waals surface area contributed by atoms with Gasteiger partial charge in [-0.3, -0.25) is 9.59 Å². The lowest BCUT2D eigenvalue weighted by atomic mass is 10.1. The average Bonchev–Trinajstić information content (AvgIpc) is 2.51. The van der Waals surface area contributed by atoms with E-state index in [-0.39, 0.29) is 4.90 Å². The van der Waals surface area contributed by atoms with Gasteiger partial charge in [0.2, 0.25) is 10.0 Å². The minimum absolute atomic E-state index is 0.0242. The zero-order valence-electron chi connectivity index (χ0n) is 16.4. The second-order valence-electron chi connectivity index (χ2n) is 7.62. The van der Waals surface area contributed by atoms with E-state index in [4.69, 9.17) is 16.3 Å². The molecule has 0 fully saturated rings. The number of halogens is 1. The maximum atomic E-state index is 12.5. The summed E-state index contributed by atoms with van der Waals surface area (Å²) in [5, 5.41) is 3.10. The summed E-state index contributed by atoms with van der Waals surface area (Å²) in [6.45, 7) is 10.2. The van der Waals surface area contributed by atoms with Gasteiger partial charge in [-0.1, -0.05) is 25.4 Å². The lowest BCUT2D eigenvalue weighted by Crippen LogP contribution is -2.50. The normalized spacial score (nSPS) is 14.5. The van der Waals surface area contributed by atoms with Crippen LogP contribution in [0.25, 0.3) is 0 Å². The standard InChI is InChI=1S/C18H27ClN2O5S/c1-11(2)15(17(23)26-12(3)16(22)20-18(4,5)6)21-27(24,25)14-9-7-13(19)8-10-14/h7-12,15,21H,1-6H3,(H,20,22)/t12-,15+/m1/s1. The molecule has 1 aromatic carbocycles. The molecule has 2 atom stereocenters. The number of nitrogens with one attached hydrogen (secondary N) is 2. The van der Waals surface area contributed by atoms with Gasteiger partial charge in [0.15, 0.2) is 6.10 Å². The lowest BCUT2D eigenvalue weighted by Gasteiger charge is -2.25. The van der Waals surface area contributed by atoms with E-state index in [1.165, 1.54) is 31.2 Å². The molecule has 0 saturated carbocycles. The van der Waals surface area contributed by atoms with Crippen molar-refractivity contribution in [2.75, 3.05) is 0 Å². The highest BCUT2D eigenvalue weighted by molar-refractivity contribution is 7.89. The molecule has 1 amide bonds. The van der Waals surface area contributed by atoms with Crippen LogP contribution in [0.4, 0.5) is 0 Å². The molecule has 27 heavy (non-hydrogen) atoms. The predicted octanol–water partition coefficient (Wildman–Crippen LogP) is 2.49. The first kappa shape index (κ1) is 23.4. The average molecular weight is 419 g/mol. The van der Waals surface area contributed by atoms with Gasteiger partial charge in [0.25, 0.3) is 5.91 Å². The highest BCUT2D eigenvalue weighted by Crippen LogP contribution is 2.16. The Hall–Kier alpha value is -1.64. The second kappa shape index (κ2) is 9.03. The number of sulfonamides is 1. The molecule has 0 aliphatic carbocycles. The van der Waals surface area contributed by atoms with Crippen molar-refractivity contribution in [2.45, 2.75) is 64.1 Å². The molecule has 0 aliphatic heterocycles. The van der Waals surface area contributed by atoms with Gasteiger partial charge in [-0.15, -0.1) is 0 Å². The second-order valence-corrected chi connectivity index (χ2v) is 9.77. The Morgan fingerprint density at radius 3 is 2.04 bits per heavy atom. The number of amides is 1. The van der Waals surface area contributed by atoms with Crippen molar-refractivity contribution in [1.29, 1.82) is 0 Å². The molecule has 0 unspecified atom stereocenters. The molecule has 0 bridgehead atoms. The van der Waals surface area contributed by atoms with E-state index in [9.17, 15) is 18.0 Å². The summed E-state index contributed by atoms with van der Waals surface area (Å²) in [5.74, 6) is -1.67. The van der Waals surface area contributed by atoms with E-state index in [0.717, 1.165) is 0 Å². The number of carbonyl (C=O) groups is 2. The summed E-state index contributed by atoms with van der Waals surface area (Å²) in [6, 6.07) is 4.42. The van der Waals surface area contributed by atoms with Crippen molar-refractivity contribution in [3.05, 3.63) is 29.3 Å². The molecule has 0 radical (unpaired) electrons. The van der Waals surface area contributed by atoms with Crippen molar-refractivity contribution in [2.24, 2.45) is 5.92 Å². The lowest BCUT2D eigenvalue weighted by molar-refractivity contribution is -0.157. The number of rotatable bonds is 7. The monoisotopic (exact) mass is 418 g/mol. The van der Waals surface area contributed by atoms with Crippen LogP contribution in [0.3, 0.4) is 0 Å². The van der Waals surface area contributed by atoms with Gasteiger partial charge >= 0.3 is 5.97 Å². The van der Waals surface area contributed by atoms with Crippen LogP contribution in [-0.4, -0.2) is 38.0 Å². The zero-order valence-corrected chi connectivity index (χ0v) is 17.9. The summed E-state index contributed by atoms with van der Waals surface area (Å²) < 4.78 is 32.6. The molecule has 0 heterocycles. The van der Waals surface area contributed by atoms with E-state index in [1.54, 1.807) is 34.6 Å². The third-order valence-electron chi connectivity index (χ3n) is 3.49. The summed E-state index contributed by atoms with van der Waals surface area (Å²) >= 11 is 5.77. The molecule has 1 aromatic rings. The van der Waals surface area contributed by atoms with Gasteiger partial charge in [0, 0.05) is 10.6 Å². The third-order valence-corrected chi connectivity index (χ3v) is 5.20. The summed E-state index contributed by atoms with van der Waals surface area (Å²) in [4.78, 5) is 24.5. The van der Waals surface area contributed by atoms with Crippen LogP contribution < -0.4 is 10.0 Å². The Kier molecular flexibility index (Phi) is 7.83. The topological polar surface area (TPSA) is 102 Å². The highest BCUT2D eigenvalue weighted by atomic mass is 35.5. The largest absolute Gasteiger partial charge is 0.451 e. The van der Waals surface area contributed by atoms with E-state index in [0.29, 0.717) is 5.02 Å². The number of hydrogen-bond acceptors (Lipinski definition) is 5. The van der Waals surface area contributed by atoms with Crippen LogP contribution in [0.15, 0.2) is 29.2 Å². The quantitative estimate of drug-likeness (QED) is 0.662. The Balaban J connectivity index is 2.90. The minimum atomic E-state index is -3.96. The smallest absolute Gasteiger partial charge is 0.325 e. The SMILES string of the molecule is CC(C)[C@H](NS(=O)(=O)c1ccc(Cl)cc1)C(=O)O[C@H](C)C(=O)NC(C)(C)C. The van der Waals surface area contributed by atoms with Crippen LogP contribution in [0.1, 0.15) is 41.5 Å². The van der Waals surface area contributed by atoms with Crippen LogP contribution in [0, 0.1) is 5.92 Å². The number of ether oxygens (including phenoxy) is 1. The molecule has 0 saturated heterocycles. The van der Waals surface area contributed by atoms with Gasteiger partial charge in [0.1, 0.15) is 6.04 Å². The Bertz CT molecular complexity index is 770.